The van der Waals surface area contributed by atoms with Crippen molar-refractivity contribution in [3.05, 3.63) is 90.5 Å². The van der Waals surface area contributed by atoms with Gasteiger partial charge in [0, 0.05) is 16.9 Å². The van der Waals surface area contributed by atoms with Crippen molar-refractivity contribution >= 4 is 33.3 Å². The largest absolute Gasteiger partial charge is 0.323 e. The zero-order valence-corrected chi connectivity index (χ0v) is 15.4. The van der Waals surface area contributed by atoms with E-state index in [0.29, 0.717) is 11.4 Å². The van der Waals surface area contributed by atoms with E-state index in [9.17, 15) is 18.0 Å². The first-order valence-electron chi connectivity index (χ1n) is 8.29. The van der Waals surface area contributed by atoms with E-state index in [1.165, 1.54) is 36.4 Å². The van der Waals surface area contributed by atoms with Gasteiger partial charge in [-0.3, -0.25) is 4.79 Å². The van der Waals surface area contributed by atoms with Gasteiger partial charge in [0.2, 0.25) is 0 Å². The summed E-state index contributed by atoms with van der Waals surface area (Å²) in [5, 5.41) is 5.26. The molecule has 3 aromatic rings. The Kier molecular flexibility index (Phi) is 5.71. The van der Waals surface area contributed by atoms with E-state index in [1.54, 1.807) is 42.5 Å². The lowest BCUT2D eigenvalue weighted by atomic mass is 10.2. The minimum absolute atomic E-state index is 0.0919. The van der Waals surface area contributed by atoms with Crippen molar-refractivity contribution in [1.29, 1.82) is 0 Å². The molecule has 142 valence electrons. The summed E-state index contributed by atoms with van der Waals surface area (Å²) in [5.74, 6) is -0.718. The highest BCUT2D eigenvalue weighted by Gasteiger charge is 2.18. The Morgan fingerprint density at radius 3 is 1.71 bits per heavy atom. The number of hydrogen-bond acceptors (Lipinski definition) is 4. The monoisotopic (exact) mass is 395 g/mol. The molecular formula is C20H17N3O4S. The molecule has 0 heterocycles. The number of carbonyl (C=O) groups is 2. The molecule has 0 radical (unpaired) electrons. The SMILES string of the molecule is O=C(Nc1ccccc1)Nc1ccc(S(=O)(=O)NC(=O)c2ccccc2)cc1. The third kappa shape index (κ3) is 4.95. The van der Waals surface area contributed by atoms with E-state index in [2.05, 4.69) is 10.6 Å². The van der Waals surface area contributed by atoms with E-state index in [-0.39, 0.29) is 10.5 Å². The third-order valence-electron chi connectivity index (χ3n) is 3.72. The van der Waals surface area contributed by atoms with Crippen LogP contribution in [0, 0.1) is 0 Å². The smallest absolute Gasteiger partial charge is 0.308 e. The number of para-hydroxylation sites is 1. The lowest BCUT2D eigenvalue weighted by molar-refractivity contribution is 0.0981. The van der Waals surface area contributed by atoms with Gasteiger partial charge >= 0.3 is 6.03 Å². The molecule has 0 unspecified atom stereocenters. The maximum Gasteiger partial charge on any atom is 0.323 e. The zero-order chi connectivity index (χ0) is 20.0. The Bertz CT molecular complexity index is 1070. The topological polar surface area (TPSA) is 104 Å². The van der Waals surface area contributed by atoms with Crippen LogP contribution in [0.3, 0.4) is 0 Å². The molecule has 7 nitrogen and oxygen atoms in total. The number of hydrogen-bond donors (Lipinski definition) is 3. The Morgan fingerprint density at radius 2 is 1.14 bits per heavy atom. The molecule has 0 aromatic heterocycles. The van der Waals surface area contributed by atoms with E-state index in [1.807, 2.05) is 10.8 Å². The first-order valence-corrected chi connectivity index (χ1v) is 9.78. The Balaban J connectivity index is 1.64. The normalized spacial score (nSPS) is 10.7. The van der Waals surface area contributed by atoms with Crippen LogP contribution in [0.2, 0.25) is 0 Å². The standard InChI is InChI=1S/C20H17N3O4S/c24-19(15-7-3-1-4-8-15)23-28(26,27)18-13-11-17(12-14-18)22-20(25)21-16-9-5-2-6-10-16/h1-14H,(H,23,24)(H2,21,22,25). The van der Waals surface area contributed by atoms with Gasteiger partial charge in [0.05, 0.1) is 4.90 Å². The number of nitrogens with one attached hydrogen (secondary N) is 3. The minimum atomic E-state index is -4.03. The summed E-state index contributed by atoms with van der Waals surface area (Å²) in [7, 11) is -4.03. The Hall–Kier alpha value is -3.65. The van der Waals surface area contributed by atoms with Gasteiger partial charge in [0.1, 0.15) is 0 Å². The van der Waals surface area contributed by atoms with Crippen molar-refractivity contribution in [2.45, 2.75) is 4.90 Å². The van der Waals surface area contributed by atoms with Crippen LogP contribution in [0.5, 0.6) is 0 Å². The molecule has 0 spiro atoms. The lowest BCUT2D eigenvalue weighted by Gasteiger charge is -2.09. The fraction of sp³-hybridized carbons (Fsp3) is 0. The van der Waals surface area contributed by atoms with Crippen molar-refractivity contribution in [2.75, 3.05) is 10.6 Å². The first-order chi connectivity index (χ1) is 13.4. The van der Waals surface area contributed by atoms with Gasteiger partial charge in [-0.25, -0.2) is 17.9 Å². The second-order valence-electron chi connectivity index (χ2n) is 5.77. The fourth-order valence-corrected chi connectivity index (χ4v) is 3.34. The molecule has 3 aromatic carbocycles. The molecule has 0 aliphatic heterocycles. The second-order valence-corrected chi connectivity index (χ2v) is 7.45. The number of rotatable bonds is 5. The van der Waals surface area contributed by atoms with Crippen LogP contribution >= 0.6 is 0 Å². The highest BCUT2D eigenvalue weighted by Crippen LogP contribution is 2.15. The molecule has 0 fully saturated rings. The van der Waals surface area contributed by atoms with E-state index < -0.39 is 22.0 Å². The average Bonchev–Trinajstić information content (AvgIpc) is 2.69. The van der Waals surface area contributed by atoms with Crippen LogP contribution in [0.15, 0.2) is 89.8 Å². The van der Waals surface area contributed by atoms with Crippen molar-refractivity contribution in [3.63, 3.8) is 0 Å². The van der Waals surface area contributed by atoms with Gasteiger partial charge in [-0.05, 0) is 48.5 Å². The third-order valence-corrected chi connectivity index (χ3v) is 5.06. The van der Waals surface area contributed by atoms with Crippen molar-refractivity contribution in [1.82, 2.24) is 4.72 Å². The predicted octanol–water partition coefficient (Wildman–Crippen LogP) is 3.45. The summed E-state index contributed by atoms with van der Waals surface area (Å²) in [4.78, 5) is 23.9. The fourth-order valence-electron chi connectivity index (χ4n) is 2.36. The van der Waals surface area contributed by atoms with Gasteiger partial charge in [-0.2, -0.15) is 0 Å². The molecule has 0 aliphatic carbocycles. The number of urea groups is 1. The molecule has 0 bridgehead atoms. The zero-order valence-electron chi connectivity index (χ0n) is 14.6. The summed E-state index contributed by atoms with van der Waals surface area (Å²) in [6, 6.07) is 22.0. The van der Waals surface area contributed by atoms with Crippen molar-refractivity contribution < 1.29 is 18.0 Å². The molecule has 8 heteroatoms. The summed E-state index contributed by atoms with van der Waals surface area (Å²) < 4.78 is 26.7. The quantitative estimate of drug-likeness (QED) is 0.615. The van der Waals surface area contributed by atoms with Crippen LogP contribution in [0.4, 0.5) is 16.2 Å². The molecule has 0 saturated carbocycles. The van der Waals surface area contributed by atoms with Gasteiger partial charge in [-0.1, -0.05) is 36.4 Å². The Morgan fingerprint density at radius 1 is 0.643 bits per heavy atom. The van der Waals surface area contributed by atoms with E-state index >= 15 is 0 Å². The number of carbonyl (C=O) groups excluding carboxylic acids is 2. The Labute approximate surface area is 162 Å². The number of benzene rings is 3. The van der Waals surface area contributed by atoms with Crippen LogP contribution in [-0.2, 0) is 10.0 Å². The highest BCUT2D eigenvalue weighted by atomic mass is 32.2. The predicted molar refractivity (Wildman–Crippen MR) is 107 cm³/mol. The molecule has 0 atom stereocenters. The summed E-state index contributed by atoms with van der Waals surface area (Å²) in [6.45, 7) is 0. The van der Waals surface area contributed by atoms with E-state index in [4.69, 9.17) is 0 Å². The molecular weight excluding hydrogens is 378 g/mol. The second kappa shape index (κ2) is 8.36. The summed E-state index contributed by atoms with van der Waals surface area (Å²) in [6.07, 6.45) is 0. The van der Waals surface area contributed by atoms with Gasteiger partial charge in [0.25, 0.3) is 15.9 Å². The molecule has 0 saturated heterocycles. The maximum atomic E-state index is 12.4. The van der Waals surface area contributed by atoms with E-state index in [0.717, 1.165) is 0 Å². The summed E-state index contributed by atoms with van der Waals surface area (Å²) in [5.41, 5.74) is 1.27. The van der Waals surface area contributed by atoms with Crippen molar-refractivity contribution in [2.24, 2.45) is 0 Å². The van der Waals surface area contributed by atoms with Gasteiger partial charge in [-0.15, -0.1) is 0 Å². The molecule has 3 N–H and O–H groups in total. The molecule has 3 amide bonds. The number of anilines is 2. The minimum Gasteiger partial charge on any atom is -0.308 e. The highest BCUT2D eigenvalue weighted by molar-refractivity contribution is 7.90. The maximum absolute atomic E-state index is 12.4. The number of sulfonamides is 1. The number of amides is 3. The lowest BCUT2D eigenvalue weighted by Crippen LogP contribution is -2.30. The van der Waals surface area contributed by atoms with Crippen LogP contribution in [-0.4, -0.2) is 20.4 Å². The van der Waals surface area contributed by atoms with Crippen molar-refractivity contribution in [3.8, 4) is 0 Å². The molecule has 0 aliphatic rings. The van der Waals surface area contributed by atoms with Crippen LogP contribution < -0.4 is 15.4 Å². The summed E-state index contributed by atoms with van der Waals surface area (Å²) >= 11 is 0. The average molecular weight is 395 g/mol. The van der Waals surface area contributed by atoms with Gasteiger partial charge < -0.3 is 10.6 Å². The molecule has 28 heavy (non-hydrogen) atoms. The van der Waals surface area contributed by atoms with Gasteiger partial charge in [0.15, 0.2) is 0 Å². The molecule has 3 rings (SSSR count). The van der Waals surface area contributed by atoms with Crippen LogP contribution in [0.25, 0.3) is 0 Å². The van der Waals surface area contributed by atoms with Crippen LogP contribution in [0.1, 0.15) is 10.4 Å². The first kappa shape index (κ1) is 19.1.